The van der Waals surface area contributed by atoms with Gasteiger partial charge in [-0.05, 0) is 13.0 Å². The molecule has 0 fully saturated rings. The standard InChI is InChI=1S/C13H11ClFNO4/c1-6(17)16-12-10(18)11(19)13(2,20-12)7-4-3-5-8(14)9(7)15/h3-5,18H,1-2H3,(H,16,17). The molecule has 1 amide bonds. The molecule has 1 atom stereocenters. The van der Waals surface area contributed by atoms with E-state index in [4.69, 9.17) is 16.3 Å². The van der Waals surface area contributed by atoms with Crippen LogP contribution in [0.15, 0.2) is 29.8 Å². The average molecular weight is 300 g/mol. The van der Waals surface area contributed by atoms with Crippen molar-refractivity contribution in [2.24, 2.45) is 0 Å². The van der Waals surface area contributed by atoms with Crippen molar-refractivity contribution >= 4 is 23.3 Å². The van der Waals surface area contributed by atoms with E-state index >= 15 is 0 Å². The normalized spacial score (nSPS) is 21.9. The number of Topliss-reactive ketones (excluding diaryl/α,β-unsaturated/α-hetero) is 1. The van der Waals surface area contributed by atoms with Crippen molar-refractivity contribution in [3.05, 3.63) is 46.2 Å². The zero-order valence-corrected chi connectivity index (χ0v) is 11.4. The summed E-state index contributed by atoms with van der Waals surface area (Å²) in [6, 6.07) is 4.10. The Hall–Kier alpha value is -2.08. The number of aliphatic hydroxyl groups is 1. The molecule has 5 nitrogen and oxygen atoms in total. The largest absolute Gasteiger partial charge is 0.501 e. The maximum absolute atomic E-state index is 14.0. The first-order valence-corrected chi connectivity index (χ1v) is 6.04. The van der Waals surface area contributed by atoms with E-state index in [1.165, 1.54) is 32.0 Å². The summed E-state index contributed by atoms with van der Waals surface area (Å²) in [7, 11) is 0. The summed E-state index contributed by atoms with van der Waals surface area (Å²) >= 11 is 5.67. The van der Waals surface area contributed by atoms with E-state index in [0.29, 0.717) is 0 Å². The van der Waals surface area contributed by atoms with Gasteiger partial charge in [-0.15, -0.1) is 0 Å². The van der Waals surface area contributed by atoms with E-state index in [1.54, 1.807) is 0 Å². The Morgan fingerprint density at radius 1 is 1.50 bits per heavy atom. The van der Waals surface area contributed by atoms with E-state index in [-0.39, 0.29) is 10.6 Å². The quantitative estimate of drug-likeness (QED) is 0.877. The van der Waals surface area contributed by atoms with Gasteiger partial charge < -0.3 is 9.84 Å². The van der Waals surface area contributed by atoms with Crippen molar-refractivity contribution in [1.82, 2.24) is 5.32 Å². The molecule has 0 aliphatic carbocycles. The van der Waals surface area contributed by atoms with Crippen LogP contribution in [0.2, 0.25) is 5.02 Å². The van der Waals surface area contributed by atoms with E-state index in [1.807, 2.05) is 0 Å². The average Bonchev–Trinajstić information content (AvgIpc) is 2.58. The number of halogens is 2. The van der Waals surface area contributed by atoms with Crippen molar-refractivity contribution in [3.8, 4) is 0 Å². The number of ketones is 1. The van der Waals surface area contributed by atoms with Gasteiger partial charge in [0.1, 0.15) is 5.82 Å². The van der Waals surface area contributed by atoms with Gasteiger partial charge in [-0.1, -0.05) is 23.7 Å². The van der Waals surface area contributed by atoms with Gasteiger partial charge in [0.15, 0.2) is 0 Å². The van der Waals surface area contributed by atoms with Crippen LogP contribution >= 0.6 is 11.6 Å². The maximum atomic E-state index is 14.0. The number of amides is 1. The zero-order valence-electron chi connectivity index (χ0n) is 10.7. The fourth-order valence-corrected chi connectivity index (χ4v) is 2.10. The number of carbonyl (C=O) groups excluding carboxylic acids is 2. The summed E-state index contributed by atoms with van der Waals surface area (Å²) in [5.41, 5.74) is -1.90. The number of hydrogen-bond donors (Lipinski definition) is 2. The molecule has 1 aromatic rings. The Morgan fingerprint density at radius 3 is 2.75 bits per heavy atom. The molecule has 0 bridgehead atoms. The molecule has 106 valence electrons. The van der Waals surface area contributed by atoms with Crippen molar-refractivity contribution < 1.29 is 23.8 Å². The number of aliphatic hydroxyl groups excluding tert-OH is 1. The summed E-state index contributed by atoms with van der Waals surface area (Å²) < 4.78 is 19.3. The molecule has 2 N–H and O–H groups in total. The highest BCUT2D eigenvalue weighted by Crippen LogP contribution is 2.39. The highest BCUT2D eigenvalue weighted by molar-refractivity contribution is 6.30. The lowest BCUT2D eigenvalue weighted by Crippen LogP contribution is -2.33. The monoisotopic (exact) mass is 299 g/mol. The van der Waals surface area contributed by atoms with Gasteiger partial charge in [-0.2, -0.15) is 0 Å². The number of carbonyl (C=O) groups is 2. The molecule has 1 heterocycles. The molecule has 0 radical (unpaired) electrons. The minimum atomic E-state index is -1.78. The highest BCUT2D eigenvalue weighted by Gasteiger charge is 2.49. The molecule has 7 heteroatoms. The van der Waals surface area contributed by atoms with Crippen LogP contribution < -0.4 is 5.32 Å². The number of rotatable bonds is 2. The molecule has 0 spiro atoms. The van der Waals surface area contributed by atoms with Crippen LogP contribution in [0.1, 0.15) is 19.4 Å². The van der Waals surface area contributed by atoms with Crippen molar-refractivity contribution in [3.63, 3.8) is 0 Å². The summed E-state index contributed by atoms with van der Waals surface area (Å²) in [5, 5.41) is 11.7. The molecule has 1 unspecified atom stereocenters. The third-order valence-corrected chi connectivity index (χ3v) is 3.22. The van der Waals surface area contributed by atoms with Gasteiger partial charge in [-0.3, -0.25) is 14.9 Å². The summed E-state index contributed by atoms with van der Waals surface area (Å²) in [6.07, 6.45) is 0. The molecule has 1 aliphatic heterocycles. The Bertz CT molecular complexity index is 643. The molecule has 0 saturated carbocycles. The second kappa shape index (κ2) is 4.79. The lowest BCUT2D eigenvalue weighted by atomic mass is 9.91. The minimum absolute atomic E-state index is 0.123. The van der Waals surface area contributed by atoms with Crippen molar-refractivity contribution in [2.45, 2.75) is 19.4 Å². The lowest BCUT2D eigenvalue weighted by Gasteiger charge is -2.24. The van der Waals surface area contributed by atoms with Crippen LogP contribution in [0.5, 0.6) is 0 Å². The first-order valence-electron chi connectivity index (χ1n) is 5.66. The third kappa shape index (κ3) is 2.12. The van der Waals surface area contributed by atoms with Gasteiger partial charge in [0.2, 0.25) is 23.2 Å². The van der Waals surface area contributed by atoms with Crippen LogP contribution in [0.25, 0.3) is 0 Å². The highest BCUT2D eigenvalue weighted by atomic mass is 35.5. The number of ether oxygens (including phenoxy) is 1. The van der Waals surface area contributed by atoms with Crippen LogP contribution in [0.3, 0.4) is 0 Å². The first-order chi connectivity index (χ1) is 9.27. The van der Waals surface area contributed by atoms with Crippen LogP contribution in [0, 0.1) is 5.82 Å². The second-order valence-corrected chi connectivity index (χ2v) is 4.83. The van der Waals surface area contributed by atoms with Gasteiger partial charge in [0, 0.05) is 12.5 Å². The molecular weight excluding hydrogens is 289 g/mol. The summed E-state index contributed by atoms with van der Waals surface area (Å²) in [6.45, 7) is 2.47. The Kier molecular flexibility index (Phi) is 3.43. The van der Waals surface area contributed by atoms with Gasteiger partial charge in [-0.25, -0.2) is 4.39 Å². The van der Waals surface area contributed by atoms with E-state index in [2.05, 4.69) is 5.32 Å². The molecule has 0 aromatic heterocycles. The molecule has 20 heavy (non-hydrogen) atoms. The predicted octanol–water partition coefficient (Wildman–Crippen LogP) is 2.16. The number of hydrogen-bond acceptors (Lipinski definition) is 4. The van der Waals surface area contributed by atoms with Crippen molar-refractivity contribution in [1.29, 1.82) is 0 Å². The minimum Gasteiger partial charge on any atom is -0.501 e. The predicted molar refractivity (Wildman–Crippen MR) is 68.3 cm³/mol. The zero-order chi connectivity index (χ0) is 15.1. The Morgan fingerprint density at radius 2 is 2.15 bits per heavy atom. The lowest BCUT2D eigenvalue weighted by molar-refractivity contribution is -0.133. The fourth-order valence-electron chi connectivity index (χ4n) is 1.92. The molecule has 1 aromatic carbocycles. The topological polar surface area (TPSA) is 75.6 Å². The summed E-state index contributed by atoms with van der Waals surface area (Å²) in [4.78, 5) is 23.1. The van der Waals surface area contributed by atoms with Gasteiger partial charge in [0.05, 0.1) is 5.02 Å². The Balaban J connectivity index is 2.46. The molecular formula is C13H11ClFNO4. The second-order valence-electron chi connectivity index (χ2n) is 4.42. The first kappa shape index (κ1) is 14.3. The Labute approximate surface area is 119 Å². The van der Waals surface area contributed by atoms with Crippen LogP contribution in [-0.2, 0) is 19.9 Å². The molecule has 0 saturated heterocycles. The van der Waals surface area contributed by atoms with Gasteiger partial charge >= 0.3 is 0 Å². The smallest absolute Gasteiger partial charge is 0.250 e. The SMILES string of the molecule is CC(=O)NC1=C(O)C(=O)C(C)(c2cccc(Cl)c2F)O1. The molecule has 1 aliphatic rings. The van der Waals surface area contributed by atoms with Gasteiger partial charge in [0.25, 0.3) is 5.78 Å². The van der Waals surface area contributed by atoms with E-state index in [9.17, 15) is 19.1 Å². The fraction of sp³-hybridized carbons (Fsp3) is 0.231. The van der Waals surface area contributed by atoms with E-state index in [0.717, 1.165) is 0 Å². The molecule has 2 rings (SSSR count). The van der Waals surface area contributed by atoms with Crippen molar-refractivity contribution in [2.75, 3.05) is 0 Å². The number of nitrogens with one attached hydrogen (secondary N) is 1. The summed E-state index contributed by atoms with van der Waals surface area (Å²) in [5.74, 6) is -3.37. The van der Waals surface area contributed by atoms with Crippen LogP contribution in [0.4, 0.5) is 4.39 Å². The maximum Gasteiger partial charge on any atom is 0.250 e. The van der Waals surface area contributed by atoms with Crippen LogP contribution in [-0.4, -0.2) is 16.8 Å². The van der Waals surface area contributed by atoms with E-state index < -0.39 is 34.8 Å². The number of benzene rings is 1. The third-order valence-electron chi connectivity index (χ3n) is 2.92.